The molecule has 2 N–H and O–H groups in total. The summed E-state index contributed by atoms with van der Waals surface area (Å²) in [6, 6.07) is 4.17. The number of carboxylic acid groups (broad SMARTS) is 1. The van der Waals surface area contributed by atoms with Crippen LogP contribution in [0, 0.1) is 6.92 Å². The van der Waals surface area contributed by atoms with Gasteiger partial charge in [-0.1, -0.05) is 19.4 Å². The minimum atomic E-state index is -1.02. The SMILES string of the molecule is CCCC(NC(=O)c1ccc(C)c(OC)c1)C(=O)O. The van der Waals surface area contributed by atoms with Gasteiger partial charge in [0.15, 0.2) is 0 Å². The van der Waals surface area contributed by atoms with Gasteiger partial charge in [-0.2, -0.15) is 0 Å². The van der Waals surface area contributed by atoms with E-state index in [-0.39, 0.29) is 0 Å². The first-order valence-corrected chi connectivity index (χ1v) is 6.17. The van der Waals surface area contributed by atoms with Gasteiger partial charge in [0.2, 0.25) is 0 Å². The molecular weight excluding hydrogens is 246 g/mol. The molecule has 1 unspecified atom stereocenters. The van der Waals surface area contributed by atoms with E-state index in [0.29, 0.717) is 24.2 Å². The van der Waals surface area contributed by atoms with Crippen LogP contribution in [-0.4, -0.2) is 30.1 Å². The lowest BCUT2D eigenvalue weighted by atomic mass is 10.1. The van der Waals surface area contributed by atoms with Crippen molar-refractivity contribution < 1.29 is 19.4 Å². The molecule has 0 heterocycles. The van der Waals surface area contributed by atoms with E-state index in [2.05, 4.69) is 5.32 Å². The predicted molar refractivity (Wildman–Crippen MR) is 71.5 cm³/mol. The van der Waals surface area contributed by atoms with Crippen molar-refractivity contribution in [1.29, 1.82) is 0 Å². The monoisotopic (exact) mass is 265 g/mol. The Balaban J connectivity index is 2.85. The van der Waals surface area contributed by atoms with Crippen molar-refractivity contribution in [3.05, 3.63) is 29.3 Å². The molecule has 0 spiro atoms. The molecule has 0 saturated carbocycles. The van der Waals surface area contributed by atoms with Crippen molar-refractivity contribution in [3.8, 4) is 5.75 Å². The molecule has 1 atom stereocenters. The number of benzene rings is 1. The smallest absolute Gasteiger partial charge is 0.326 e. The number of ether oxygens (including phenoxy) is 1. The molecular formula is C14H19NO4. The van der Waals surface area contributed by atoms with Crippen LogP contribution in [0.4, 0.5) is 0 Å². The highest BCUT2D eigenvalue weighted by Crippen LogP contribution is 2.19. The van der Waals surface area contributed by atoms with Crippen LogP contribution < -0.4 is 10.1 Å². The van der Waals surface area contributed by atoms with E-state index in [0.717, 1.165) is 5.56 Å². The van der Waals surface area contributed by atoms with E-state index in [1.54, 1.807) is 18.2 Å². The molecule has 0 radical (unpaired) electrons. The number of amides is 1. The molecule has 0 bridgehead atoms. The van der Waals surface area contributed by atoms with Gasteiger partial charge in [-0.15, -0.1) is 0 Å². The van der Waals surface area contributed by atoms with Crippen molar-refractivity contribution >= 4 is 11.9 Å². The maximum absolute atomic E-state index is 12.0. The maximum Gasteiger partial charge on any atom is 0.326 e. The molecule has 0 aliphatic rings. The van der Waals surface area contributed by atoms with Gasteiger partial charge in [0.25, 0.3) is 5.91 Å². The van der Waals surface area contributed by atoms with Gasteiger partial charge >= 0.3 is 5.97 Å². The van der Waals surface area contributed by atoms with Gasteiger partial charge in [-0.25, -0.2) is 4.79 Å². The fourth-order valence-electron chi connectivity index (χ4n) is 1.75. The molecule has 0 saturated heterocycles. The van der Waals surface area contributed by atoms with Crippen molar-refractivity contribution in [2.75, 3.05) is 7.11 Å². The average Bonchev–Trinajstić information content (AvgIpc) is 2.38. The second-order valence-corrected chi connectivity index (χ2v) is 4.34. The van der Waals surface area contributed by atoms with E-state index in [9.17, 15) is 9.59 Å². The summed E-state index contributed by atoms with van der Waals surface area (Å²) in [5, 5.41) is 11.5. The highest BCUT2D eigenvalue weighted by atomic mass is 16.5. The molecule has 1 amide bonds. The molecule has 0 aliphatic carbocycles. The third kappa shape index (κ3) is 3.98. The topological polar surface area (TPSA) is 75.6 Å². The molecule has 1 aromatic rings. The highest BCUT2D eigenvalue weighted by molar-refractivity contribution is 5.97. The molecule has 5 heteroatoms. The number of methoxy groups -OCH3 is 1. The summed E-state index contributed by atoms with van der Waals surface area (Å²) in [7, 11) is 1.53. The summed E-state index contributed by atoms with van der Waals surface area (Å²) >= 11 is 0. The van der Waals surface area contributed by atoms with Crippen molar-refractivity contribution in [2.45, 2.75) is 32.7 Å². The molecule has 104 valence electrons. The maximum atomic E-state index is 12.0. The number of carbonyl (C=O) groups excluding carboxylic acids is 1. The Labute approximate surface area is 112 Å². The second-order valence-electron chi connectivity index (χ2n) is 4.34. The van der Waals surface area contributed by atoms with E-state index in [1.165, 1.54) is 7.11 Å². The van der Waals surface area contributed by atoms with Crippen molar-refractivity contribution in [1.82, 2.24) is 5.32 Å². The van der Waals surface area contributed by atoms with Gasteiger partial charge in [0.1, 0.15) is 11.8 Å². The van der Waals surface area contributed by atoms with Crippen molar-refractivity contribution in [3.63, 3.8) is 0 Å². The van der Waals surface area contributed by atoms with Crippen LogP contribution in [0.25, 0.3) is 0 Å². The minimum Gasteiger partial charge on any atom is -0.496 e. The number of nitrogens with one attached hydrogen (secondary N) is 1. The molecule has 0 aromatic heterocycles. The van der Waals surface area contributed by atoms with Gasteiger partial charge in [-0.3, -0.25) is 4.79 Å². The Hall–Kier alpha value is -2.04. The molecule has 1 rings (SSSR count). The number of carboxylic acids is 1. The number of aryl methyl sites for hydroxylation is 1. The first-order chi connectivity index (χ1) is 8.99. The Morgan fingerprint density at radius 1 is 1.42 bits per heavy atom. The lowest BCUT2D eigenvalue weighted by molar-refractivity contribution is -0.139. The van der Waals surface area contributed by atoms with E-state index >= 15 is 0 Å². The zero-order valence-corrected chi connectivity index (χ0v) is 11.4. The number of hydrogen-bond donors (Lipinski definition) is 2. The van der Waals surface area contributed by atoms with Gasteiger partial charge in [0.05, 0.1) is 7.11 Å². The predicted octanol–water partition coefficient (Wildman–Crippen LogP) is 1.99. The van der Waals surface area contributed by atoms with E-state index in [1.807, 2.05) is 13.8 Å². The fraction of sp³-hybridized carbons (Fsp3) is 0.429. The summed E-state index contributed by atoms with van der Waals surface area (Å²) in [4.78, 5) is 23.0. The molecule has 5 nitrogen and oxygen atoms in total. The average molecular weight is 265 g/mol. The Bertz CT molecular complexity index is 471. The number of hydrogen-bond acceptors (Lipinski definition) is 3. The highest BCUT2D eigenvalue weighted by Gasteiger charge is 2.19. The largest absolute Gasteiger partial charge is 0.496 e. The van der Waals surface area contributed by atoms with Gasteiger partial charge in [0, 0.05) is 5.56 Å². The van der Waals surface area contributed by atoms with Crippen LogP contribution in [0.2, 0.25) is 0 Å². The first-order valence-electron chi connectivity index (χ1n) is 6.17. The number of rotatable bonds is 6. The third-order valence-electron chi connectivity index (χ3n) is 2.85. The van der Waals surface area contributed by atoms with Crippen LogP contribution in [0.5, 0.6) is 5.75 Å². The van der Waals surface area contributed by atoms with Gasteiger partial charge in [-0.05, 0) is 31.0 Å². The Morgan fingerprint density at radius 3 is 2.63 bits per heavy atom. The molecule has 19 heavy (non-hydrogen) atoms. The number of carbonyl (C=O) groups is 2. The minimum absolute atomic E-state index is 0.393. The third-order valence-corrected chi connectivity index (χ3v) is 2.85. The molecule has 0 aliphatic heterocycles. The summed E-state index contributed by atoms with van der Waals surface area (Å²) in [6.45, 7) is 3.74. The van der Waals surface area contributed by atoms with Crippen LogP contribution in [0.15, 0.2) is 18.2 Å². The first kappa shape index (κ1) is 15.0. The van der Waals surface area contributed by atoms with Crippen LogP contribution in [0.3, 0.4) is 0 Å². The van der Waals surface area contributed by atoms with Crippen LogP contribution in [0.1, 0.15) is 35.7 Å². The summed E-state index contributed by atoms with van der Waals surface area (Å²) in [6.07, 6.45) is 1.10. The summed E-state index contributed by atoms with van der Waals surface area (Å²) in [5.41, 5.74) is 1.31. The normalized spacial score (nSPS) is 11.7. The summed E-state index contributed by atoms with van der Waals surface area (Å²) in [5.74, 6) is -0.816. The van der Waals surface area contributed by atoms with E-state index in [4.69, 9.17) is 9.84 Å². The van der Waals surface area contributed by atoms with E-state index < -0.39 is 17.9 Å². The lowest BCUT2D eigenvalue weighted by Gasteiger charge is -2.14. The zero-order chi connectivity index (χ0) is 14.4. The van der Waals surface area contributed by atoms with Crippen LogP contribution >= 0.6 is 0 Å². The fourth-order valence-corrected chi connectivity index (χ4v) is 1.75. The number of aliphatic carboxylic acids is 1. The Kier molecular flexibility index (Phi) is 5.36. The quantitative estimate of drug-likeness (QED) is 0.824. The Morgan fingerprint density at radius 2 is 2.11 bits per heavy atom. The molecule has 0 fully saturated rings. The summed E-state index contributed by atoms with van der Waals surface area (Å²) < 4.78 is 5.14. The zero-order valence-electron chi connectivity index (χ0n) is 11.4. The lowest BCUT2D eigenvalue weighted by Crippen LogP contribution is -2.40. The van der Waals surface area contributed by atoms with Crippen LogP contribution in [-0.2, 0) is 4.79 Å². The second kappa shape index (κ2) is 6.78. The van der Waals surface area contributed by atoms with Gasteiger partial charge < -0.3 is 15.2 Å². The standard InChI is InChI=1S/C14H19NO4/c1-4-5-11(14(17)18)15-13(16)10-7-6-9(2)12(8-10)19-3/h6-8,11H,4-5H2,1-3H3,(H,15,16)(H,17,18). The molecule has 1 aromatic carbocycles. The van der Waals surface area contributed by atoms with Crippen molar-refractivity contribution in [2.24, 2.45) is 0 Å².